The van der Waals surface area contributed by atoms with Gasteiger partial charge in [0.15, 0.2) is 18.9 Å². The molecule has 0 amide bonds. The SMILES string of the molecule is COc1cccc(C(O)C[n+]2ccccc2)c1. The first-order chi connectivity index (χ1) is 8.29. The second-order valence-corrected chi connectivity index (χ2v) is 3.86. The van der Waals surface area contributed by atoms with Gasteiger partial charge < -0.3 is 9.84 Å². The van der Waals surface area contributed by atoms with Gasteiger partial charge in [0.05, 0.1) is 7.11 Å². The number of aromatic nitrogens is 1. The number of nitrogens with zero attached hydrogens (tertiary/aromatic N) is 1. The van der Waals surface area contributed by atoms with Crippen molar-refractivity contribution in [2.45, 2.75) is 12.6 Å². The van der Waals surface area contributed by atoms with E-state index in [0.717, 1.165) is 11.3 Å². The van der Waals surface area contributed by atoms with E-state index in [1.165, 1.54) is 0 Å². The summed E-state index contributed by atoms with van der Waals surface area (Å²) in [6, 6.07) is 13.3. The van der Waals surface area contributed by atoms with Crippen molar-refractivity contribution in [3.63, 3.8) is 0 Å². The zero-order valence-corrected chi connectivity index (χ0v) is 9.78. The summed E-state index contributed by atoms with van der Waals surface area (Å²) in [4.78, 5) is 0. The molecule has 1 atom stereocenters. The van der Waals surface area contributed by atoms with Crippen molar-refractivity contribution in [2.75, 3.05) is 7.11 Å². The summed E-state index contributed by atoms with van der Waals surface area (Å²) in [5.41, 5.74) is 0.862. The molecular formula is C14H16NO2+. The number of ether oxygens (including phenoxy) is 1. The van der Waals surface area contributed by atoms with Crippen molar-refractivity contribution >= 4 is 0 Å². The molecule has 88 valence electrons. The number of methoxy groups -OCH3 is 1. The van der Waals surface area contributed by atoms with E-state index in [2.05, 4.69) is 0 Å². The maximum absolute atomic E-state index is 10.1. The zero-order valence-electron chi connectivity index (χ0n) is 9.78. The molecule has 0 aliphatic carbocycles. The van der Waals surface area contributed by atoms with Crippen LogP contribution in [0.4, 0.5) is 0 Å². The van der Waals surface area contributed by atoms with E-state index in [-0.39, 0.29) is 0 Å². The maximum atomic E-state index is 10.1. The zero-order chi connectivity index (χ0) is 12.1. The van der Waals surface area contributed by atoms with Crippen LogP contribution < -0.4 is 9.30 Å². The van der Waals surface area contributed by atoms with Crippen LogP contribution in [0, 0.1) is 0 Å². The Morgan fingerprint density at radius 3 is 2.65 bits per heavy atom. The summed E-state index contributed by atoms with van der Waals surface area (Å²) < 4.78 is 7.09. The molecule has 1 heterocycles. The third-order valence-electron chi connectivity index (χ3n) is 2.64. The van der Waals surface area contributed by atoms with Crippen LogP contribution in [0.5, 0.6) is 5.75 Å². The molecule has 0 bridgehead atoms. The van der Waals surface area contributed by atoms with E-state index in [1.54, 1.807) is 7.11 Å². The molecule has 0 aliphatic rings. The van der Waals surface area contributed by atoms with Gasteiger partial charge in [-0.2, -0.15) is 0 Å². The molecule has 2 aromatic rings. The first-order valence-corrected chi connectivity index (χ1v) is 5.55. The van der Waals surface area contributed by atoms with Crippen LogP contribution in [0.1, 0.15) is 11.7 Å². The minimum atomic E-state index is -0.530. The summed E-state index contributed by atoms with van der Waals surface area (Å²) >= 11 is 0. The van der Waals surface area contributed by atoms with E-state index in [9.17, 15) is 5.11 Å². The molecule has 0 aliphatic heterocycles. The highest BCUT2D eigenvalue weighted by Gasteiger charge is 2.13. The lowest BCUT2D eigenvalue weighted by Crippen LogP contribution is -2.35. The van der Waals surface area contributed by atoms with E-state index < -0.39 is 6.10 Å². The third kappa shape index (κ3) is 3.04. The minimum Gasteiger partial charge on any atom is -0.497 e. The standard InChI is InChI=1S/C14H16NO2/c1-17-13-7-5-6-12(10-13)14(16)11-15-8-3-2-4-9-15/h2-10,14,16H,11H2,1H3/q+1. The van der Waals surface area contributed by atoms with Gasteiger partial charge in [-0.3, -0.25) is 0 Å². The van der Waals surface area contributed by atoms with Crippen LogP contribution in [-0.4, -0.2) is 12.2 Å². The van der Waals surface area contributed by atoms with Gasteiger partial charge in [0.25, 0.3) is 0 Å². The molecule has 1 aromatic heterocycles. The molecule has 0 spiro atoms. The summed E-state index contributed by atoms with van der Waals surface area (Å²) in [6.45, 7) is 0.536. The van der Waals surface area contributed by atoms with Crippen molar-refractivity contribution in [3.8, 4) is 5.75 Å². The van der Waals surface area contributed by atoms with E-state index >= 15 is 0 Å². The molecule has 0 saturated carbocycles. The molecule has 17 heavy (non-hydrogen) atoms. The maximum Gasteiger partial charge on any atom is 0.178 e. The molecule has 1 aromatic carbocycles. The number of aliphatic hydroxyl groups is 1. The fourth-order valence-electron chi connectivity index (χ4n) is 1.71. The molecule has 0 radical (unpaired) electrons. The lowest BCUT2D eigenvalue weighted by molar-refractivity contribution is -0.704. The van der Waals surface area contributed by atoms with Crippen LogP contribution in [0.25, 0.3) is 0 Å². The molecule has 3 heteroatoms. The largest absolute Gasteiger partial charge is 0.497 e. The molecule has 1 unspecified atom stereocenters. The number of benzene rings is 1. The average molecular weight is 230 g/mol. The first-order valence-electron chi connectivity index (χ1n) is 5.55. The Hall–Kier alpha value is -1.87. The van der Waals surface area contributed by atoms with E-state index in [0.29, 0.717) is 6.54 Å². The van der Waals surface area contributed by atoms with Gasteiger partial charge in [-0.1, -0.05) is 18.2 Å². The normalized spacial score (nSPS) is 12.1. The van der Waals surface area contributed by atoms with Crippen LogP contribution >= 0.6 is 0 Å². The Kier molecular flexibility index (Phi) is 3.73. The highest BCUT2D eigenvalue weighted by molar-refractivity contribution is 5.29. The van der Waals surface area contributed by atoms with Gasteiger partial charge in [-0.25, -0.2) is 4.57 Å². The lowest BCUT2D eigenvalue weighted by Gasteiger charge is -2.09. The van der Waals surface area contributed by atoms with Crippen LogP contribution in [0.2, 0.25) is 0 Å². The minimum absolute atomic E-state index is 0.530. The van der Waals surface area contributed by atoms with Gasteiger partial charge in [0.2, 0.25) is 0 Å². The summed E-state index contributed by atoms with van der Waals surface area (Å²) in [6.07, 6.45) is 3.34. The lowest BCUT2D eigenvalue weighted by atomic mass is 10.1. The predicted octanol–water partition coefficient (Wildman–Crippen LogP) is 1.72. The highest BCUT2D eigenvalue weighted by atomic mass is 16.5. The fraction of sp³-hybridized carbons (Fsp3) is 0.214. The average Bonchev–Trinajstić information content (AvgIpc) is 2.40. The molecule has 2 rings (SSSR count). The van der Waals surface area contributed by atoms with E-state index in [1.807, 2.05) is 59.4 Å². The van der Waals surface area contributed by atoms with Crippen molar-refractivity contribution in [1.29, 1.82) is 0 Å². The number of hydrogen-bond donors (Lipinski definition) is 1. The fourth-order valence-corrected chi connectivity index (χ4v) is 1.71. The van der Waals surface area contributed by atoms with Gasteiger partial charge >= 0.3 is 0 Å². The Balaban J connectivity index is 2.11. The molecule has 3 nitrogen and oxygen atoms in total. The number of hydrogen-bond acceptors (Lipinski definition) is 2. The molecule has 0 fully saturated rings. The third-order valence-corrected chi connectivity index (χ3v) is 2.64. The second kappa shape index (κ2) is 5.46. The Morgan fingerprint density at radius 2 is 1.94 bits per heavy atom. The summed E-state index contributed by atoms with van der Waals surface area (Å²) in [5.74, 6) is 0.764. The monoisotopic (exact) mass is 230 g/mol. The summed E-state index contributed by atoms with van der Waals surface area (Å²) in [7, 11) is 1.62. The number of aliphatic hydroxyl groups excluding tert-OH is 1. The van der Waals surface area contributed by atoms with E-state index in [4.69, 9.17) is 4.74 Å². The topological polar surface area (TPSA) is 33.3 Å². The Bertz CT molecular complexity index is 471. The predicted molar refractivity (Wildman–Crippen MR) is 64.6 cm³/mol. The van der Waals surface area contributed by atoms with Crippen LogP contribution in [-0.2, 0) is 6.54 Å². The molecule has 1 N–H and O–H groups in total. The Morgan fingerprint density at radius 1 is 1.18 bits per heavy atom. The van der Waals surface area contributed by atoms with Gasteiger partial charge in [0, 0.05) is 12.1 Å². The quantitative estimate of drug-likeness (QED) is 0.811. The number of rotatable bonds is 4. The first kappa shape index (κ1) is 11.6. The van der Waals surface area contributed by atoms with Gasteiger partial charge in [-0.15, -0.1) is 0 Å². The summed E-state index contributed by atoms with van der Waals surface area (Å²) in [5, 5.41) is 10.1. The van der Waals surface area contributed by atoms with Crippen molar-refractivity contribution in [2.24, 2.45) is 0 Å². The van der Waals surface area contributed by atoms with Crippen LogP contribution in [0.15, 0.2) is 54.9 Å². The molecular weight excluding hydrogens is 214 g/mol. The molecule has 0 saturated heterocycles. The van der Waals surface area contributed by atoms with Crippen molar-refractivity contribution < 1.29 is 14.4 Å². The second-order valence-electron chi connectivity index (χ2n) is 3.86. The van der Waals surface area contributed by atoms with Gasteiger partial charge in [-0.05, 0) is 17.7 Å². The Labute approximate surface area is 101 Å². The van der Waals surface area contributed by atoms with Crippen molar-refractivity contribution in [1.82, 2.24) is 0 Å². The van der Waals surface area contributed by atoms with Crippen LogP contribution in [0.3, 0.4) is 0 Å². The smallest absolute Gasteiger partial charge is 0.178 e. The highest BCUT2D eigenvalue weighted by Crippen LogP contribution is 2.18. The van der Waals surface area contributed by atoms with Crippen molar-refractivity contribution in [3.05, 3.63) is 60.4 Å². The number of pyridine rings is 1. The van der Waals surface area contributed by atoms with Gasteiger partial charge in [0.1, 0.15) is 11.9 Å².